The van der Waals surface area contributed by atoms with Gasteiger partial charge in [0.1, 0.15) is 5.56 Å². The van der Waals surface area contributed by atoms with Crippen LogP contribution in [0.5, 0.6) is 0 Å². The van der Waals surface area contributed by atoms with Gasteiger partial charge in [-0.3, -0.25) is 9.59 Å². The molecule has 1 aliphatic rings. The van der Waals surface area contributed by atoms with Crippen LogP contribution in [0.3, 0.4) is 0 Å². The Morgan fingerprint density at radius 1 is 1.53 bits per heavy atom. The standard InChI is InChI=1S/C13H18N2O2/c1-9-4-3-5-15(8-9)13(17)11-7-14-10(2)6-12(11)16/h6-7,9H,3-5,8H2,1-2H3,(H,14,16). The van der Waals surface area contributed by atoms with E-state index in [1.165, 1.54) is 12.3 Å². The molecule has 1 unspecified atom stereocenters. The summed E-state index contributed by atoms with van der Waals surface area (Å²) in [6.07, 6.45) is 3.71. The minimum absolute atomic E-state index is 0.141. The van der Waals surface area contributed by atoms with Crippen LogP contribution in [0.25, 0.3) is 0 Å². The van der Waals surface area contributed by atoms with Gasteiger partial charge in [0, 0.05) is 31.0 Å². The molecule has 1 saturated heterocycles. The first kappa shape index (κ1) is 11.9. The van der Waals surface area contributed by atoms with Crippen LogP contribution >= 0.6 is 0 Å². The van der Waals surface area contributed by atoms with Crippen LogP contribution in [-0.2, 0) is 0 Å². The van der Waals surface area contributed by atoms with E-state index in [-0.39, 0.29) is 16.9 Å². The van der Waals surface area contributed by atoms with Gasteiger partial charge < -0.3 is 9.88 Å². The number of rotatable bonds is 1. The fraction of sp³-hybridized carbons (Fsp3) is 0.538. The third-order valence-corrected chi connectivity index (χ3v) is 3.23. The third-order valence-electron chi connectivity index (χ3n) is 3.23. The van der Waals surface area contributed by atoms with Crippen molar-refractivity contribution >= 4 is 5.91 Å². The number of aromatic nitrogens is 1. The Balaban J connectivity index is 2.22. The largest absolute Gasteiger partial charge is 0.364 e. The Kier molecular flexibility index (Phi) is 3.31. The lowest BCUT2D eigenvalue weighted by molar-refractivity contribution is 0.0681. The van der Waals surface area contributed by atoms with Crippen molar-refractivity contribution in [2.75, 3.05) is 13.1 Å². The number of hydrogen-bond donors (Lipinski definition) is 1. The van der Waals surface area contributed by atoms with Crippen LogP contribution in [0.4, 0.5) is 0 Å². The molecule has 1 aromatic rings. The molecule has 1 aliphatic heterocycles. The summed E-state index contributed by atoms with van der Waals surface area (Å²) in [6.45, 7) is 5.46. The lowest BCUT2D eigenvalue weighted by atomic mass is 10.00. The van der Waals surface area contributed by atoms with Crippen LogP contribution in [-0.4, -0.2) is 28.9 Å². The molecule has 92 valence electrons. The lowest BCUT2D eigenvalue weighted by Gasteiger charge is -2.30. The SMILES string of the molecule is Cc1cc(=O)c(C(=O)N2CCCC(C)C2)c[nH]1. The number of likely N-dealkylation sites (tertiary alicyclic amines) is 1. The van der Waals surface area contributed by atoms with E-state index < -0.39 is 0 Å². The van der Waals surface area contributed by atoms with Gasteiger partial charge in [-0.2, -0.15) is 0 Å². The molecule has 0 aromatic carbocycles. The van der Waals surface area contributed by atoms with Gasteiger partial charge in [-0.1, -0.05) is 6.92 Å². The highest BCUT2D eigenvalue weighted by atomic mass is 16.2. The molecule has 1 amide bonds. The van der Waals surface area contributed by atoms with Gasteiger partial charge in [0.05, 0.1) is 0 Å². The van der Waals surface area contributed by atoms with Crippen molar-refractivity contribution < 1.29 is 4.79 Å². The van der Waals surface area contributed by atoms with E-state index in [2.05, 4.69) is 11.9 Å². The summed E-state index contributed by atoms with van der Waals surface area (Å²) in [5.74, 6) is 0.384. The van der Waals surface area contributed by atoms with Gasteiger partial charge in [0.15, 0.2) is 5.43 Å². The number of hydrogen-bond acceptors (Lipinski definition) is 2. The molecule has 1 N–H and O–H groups in total. The Morgan fingerprint density at radius 2 is 2.29 bits per heavy atom. The highest BCUT2D eigenvalue weighted by Crippen LogP contribution is 2.16. The highest BCUT2D eigenvalue weighted by Gasteiger charge is 2.23. The number of nitrogens with one attached hydrogen (secondary N) is 1. The highest BCUT2D eigenvalue weighted by molar-refractivity contribution is 5.93. The molecule has 1 atom stereocenters. The summed E-state index contributed by atoms with van der Waals surface area (Å²) in [7, 11) is 0. The predicted molar refractivity (Wildman–Crippen MR) is 66.1 cm³/mol. The molecule has 2 heterocycles. The van der Waals surface area contributed by atoms with Gasteiger partial charge in [0.2, 0.25) is 0 Å². The summed E-state index contributed by atoms with van der Waals surface area (Å²) in [4.78, 5) is 28.6. The Morgan fingerprint density at radius 3 is 2.94 bits per heavy atom. The Bertz CT molecular complexity index is 479. The number of H-pyrrole nitrogens is 1. The molecule has 0 bridgehead atoms. The molecule has 4 heteroatoms. The van der Waals surface area contributed by atoms with Crippen molar-refractivity contribution in [2.24, 2.45) is 5.92 Å². The lowest BCUT2D eigenvalue weighted by Crippen LogP contribution is -2.40. The van der Waals surface area contributed by atoms with Crippen LogP contribution in [0, 0.1) is 12.8 Å². The molecule has 0 aliphatic carbocycles. The molecule has 0 spiro atoms. The second-order valence-corrected chi connectivity index (χ2v) is 4.89. The average molecular weight is 234 g/mol. The van der Waals surface area contributed by atoms with E-state index in [9.17, 15) is 9.59 Å². The van der Waals surface area contributed by atoms with E-state index in [4.69, 9.17) is 0 Å². The summed E-state index contributed by atoms with van der Waals surface area (Å²) < 4.78 is 0. The van der Waals surface area contributed by atoms with Crippen LogP contribution in [0.1, 0.15) is 35.8 Å². The molecule has 0 radical (unpaired) electrons. The summed E-state index contributed by atoms with van der Waals surface area (Å²) in [5, 5.41) is 0. The number of nitrogens with zero attached hydrogens (tertiary/aromatic N) is 1. The minimum Gasteiger partial charge on any atom is -0.364 e. The maximum Gasteiger partial charge on any atom is 0.259 e. The molecular weight excluding hydrogens is 216 g/mol. The van der Waals surface area contributed by atoms with E-state index in [0.717, 1.165) is 31.6 Å². The second-order valence-electron chi connectivity index (χ2n) is 4.89. The Labute approximate surface area is 101 Å². The maximum atomic E-state index is 12.2. The molecule has 0 saturated carbocycles. The van der Waals surface area contributed by atoms with Gasteiger partial charge in [-0.05, 0) is 25.7 Å². The zero-order valence-electron chi connectivity index (χ0n) is 10.3. The van der Waals surface area contributed by atoms with Gasteiger partial charge in [0.25, 0.3) is 5.91 Å². The Hall–Kier alpha value is -1.58. The quantitative estimate of drug-likeness (QED) is 0.801. The maximum absolute atomic E-state index is 12.2. The summed E-state index contributed by atoms with van der Waals surface area (Å²) in [5.41, 5.74) is 0.840. The third kappa shape index (κ3) is 2.57. The number of carbonyl (C=O) groups excluding carboxylic acids is 1. The zero-order chi connectivity index (χ0) is 12.4. The smallest absolute Gasteiger partial charge is 0.259 e. The number of pyridine rings is 1. The first-order valence-corrected chi connectivity index (χ1v) is 6.06. The summed E-state index contributed by atoms with van der Waals surface area (Å²) in [6, 6.07) is 1.47. The number of aromatic amines is 1. The zero-order valence-corrected chi connectivity index (χ0v) is 10.3. The van der Waals surface area contributed by atoms with E-state index >= 15 is 0 Å². The molecular formula is C13H18N2O2. The first-order valence-electron chi connectivity index (χ1n) is 6.06. The normalized spacial score (nSPS) is 20.4. The van der Waals surface area contributed by atoms with Crippen molar-refractivity contribution in [2.45, 2.75) is 26.7 Å². The van der Waals surface area contributed by atoms with Gasteiger partial charge in [-0.15, -0.1) is 0 Å². The van der Waals surface area contributed by atoms with Gasteiger partial charge in [-0.25, -0.2) is 0 Å². The van der Waals surface area contributed by atoms with Crippen molar-refractivity contribution in [1.29, 1.82) is 0 Å². The predicted octanol–water partition coefficient (Wildman–Crippen LogP) is 1.56. The first-order chi connectivity index (χ1) is 8.08. The fourth-order valence-electron chi connectivity index (χ4n) is 2.28. The number of amides is 1. The van der Waals surface area contributed by atoms with E-state index in [1.807, 2.05) is 0 Å². The molecule has 1 fully saturated rings. The number of piperidine rings is 1. The van der Waals surface area contributed by atoms with Crippen molar-refractivity contribution in [3.63, 3.8) is 0 Å². The molecule has 2 rings (SSSR count). The van der Waals surface area contributed by atoms with Crippen molar-refractivity contribution in [3.05, 3.63) is 33.7 Å². The minimum atomic E-state index is -0.190. The van der Waals surface area contributed by atoms with E-state index in [1.54, 1.807) is 11.8 Å². The topological polar surface area (TPSA) is 53.2 Å². The van der Waals surface area contributed by atoms with E-state index in [0.29, 0.717) is 5.92 Å². The van der Waals surface area contributed by atoms with Crippen LogP contribution < -0.4 is 5.43 Å². The van der Waals surface area contributed by atoms with Gasteiger partial charge >= 0.3 is 0 Å². The van der Waals surface area contributed by atoms with Crippen LogP contribution in [0.15, 0.2) is 17.1 Å². The second kappa shape index (κ2) is 4.73. The molecule has 1 aromatic heterocycles. The monoisotopic (exact) mass is 234 g/mol. The number of aryl methyl sites for hydroxylation is 1. The fourth-order valence-corrected chi connectivity index (χ4v) is 2.28. The summed E-state index contributed by atoms with van der Waals surface area (Å²) >= 11 is 0. The van der Waals surface area contributed by atoms with Crippen molar-refractivity contribution in [1.82, 2.24) is 9.88 Å². The van der Waals surface area contributed by atoms with Crippen LogP contribution in [0.2, 0.25) is 0 Å². The van der Waals surface area contributed by atoms with Crippen molar-refractivity contribution in [3.8, 4) is 0 Å². The average Bonchev–Trinajstić information content (AvgIpc) is 2.28. The molecule has 4 nitrogen and oxygen atoms in total. The number of carbonyl (C=O) groups is 1. The molecule has 17 heavy (non-hydrogen) atoms.